The molecule has 19 heavy (non-hydrogen) atoms. The lowest BCUT2D eigenvalue weighted by atomic mass is 9.95. The van der Waals surface area contributed by atoms with Gasteiger partial charge in [0.05, 0.1) is 6.10 Å². The fourth-order valence-electron chi connectivity index (χ4n) is 1.96. The fraction of sp³-hybridized carbons (Fsp3) is 1.00. The van der Waals surface area contributed by atoms with Crippen molar-refractivity contribution in [2.45, 2.75) is 65.9 Å². The first kappa shape index (κ1) is 18.9. The van der Waals surface area contributed by atoms with Crippen molar-refractivity contribution in [2.75, 3.05) is 26.4 Å². The molecule has 1 N–H and O–H groups in total. The summed E-state index contributed by atoms with van der Waals surface area (Å²) >= 11 is 0. The van der Waals surface area contributed by atoms with Gasteiger partial charge in [-0.2, -0.15) is 0 Å². The summed E-state index contributed by atoms with van der Waals surface area (Å²) in [6.07, 6.45) is 5.68. The molecule has 0 rings (SSSR count). The topological polar surface area (TPSA) is 38.7 Å². The van der Waals surface area contributed by atoms with Gasteiger partial charge in [-0.05, 0) is 25.2 Å². The molecule has 0 bridgehead atoms. The molecule has 3 heteroatoms. The van der Waals surface area contributed by atoms with Crippen LogP contribution in [0, 0.1) is 11.8 Å². The summed E-state index contributed by atoms with van der Waals surface area (Å²) in [5.41, 5.74) is 0. The zero-order valence-corrected chi connectivity index (χ0v) is 13.4. The predicted molar refractivity (Wildman–Crippen MR) is 80.4 cm³/mol. The first-order chi connectivity index (χ1) is 9.15. The predicted octanol–water partition coefficient (Wildman–Crippen LogP) is 3.64. The van der Waals surface area contributed by atoms with Crippen LogP contribution in [0.3, 0.4) is 0 Å². The van der Waals surface area contributed by atoms with E-state index in [2.05, 4.69) is 27.7 Å². The number of rotatable bonds is 13. The molecule has 0 heterocycles. The molecule has 116 valence electrons. The number of ether oxygens (including phenoxy) is 2. The summed E-state index contributed by atoms with van der Waals surface area (Å²) in [5, 5.41) is 9.31. The minimum atomic E-state index is 0.154. The standard InChI is InChI=1S/C16H34O3/c1-5-7-9-18-13-14(3)11-16(15(4)12-17)19-10-8-6-2/h14-17H,5-13H2,1-4H3/t14-,15?,16-/m0/s1. The van der Waals surface area contributed by atoms with Crippen molar-refractivity contribution in [3.8, 4) is 0 Å². The number of unbranched alkanes of at least 4 members (excludes halogenated alkanes) is 2. The number of hydrogen-bond acceptors (Lipinski definition) is 3. The number of aliphatic hydroxyl groups excluding tert-OH is 1. The summed E-state index contributed by atoms with van der Waals surface area (Å²) in [7, 11) is 0. The lowest BCUT2D eigenvalue weighted by Gasteiger charge is -2.26. The van der Waals surface area contributed by atoms with Crippen molar-refractivity contribution in [2.24, 2.45) is 11.8 Å². The largest absolute Gasteiger partial charge is 0.396 e. The highest BCUT2D eigenvalue weighted by molar-refractivity contribution is 4.69. The molecule has 0 amide bonds. The normalized spacial score (nSPS) is 16.3. The number of aliphatic hydroxyl groups is 1. The Hall–Kier alpha value is -0.120. The lowest BCUT2D eigenvalue weighted by Crippen LogP contribution is -2.28. The smallest absolute Gasteiger partial charge is 0.0625 e. The monoisotopic (exact) mass is 274 g/mol. The minimum Gasteiger partial charge on any atom is -0.396 e. The minimum absolute atomic E-state index is 0.154. The van der Waals surface area contributed by atoms with Gasteiger partial charge in [-0.25, -0.2) is 0 Å². The molecule has 0 fully saturated rings. The van der Waals surface area contributed by atoms with Crippen LogP contribution in [-0.4, -0.2) is 37.6 Å². The maximum absolute atomic E-state index is 9.31. The average Bonchev–Trinajstić information content (AvgIpc) is 2.42. The van der Waals surface area contributed by atoms with Gasteiger partial charge >= 0.3 is 0 Å². The van der Waals surface area contributed by atoms with Crippen LogP contribution in [0.2, 0.25) is 0 Å². The maximum atomic E-state index is 9.31. The Morgan fingerprint density at radius 1 is 1.00 bits per heavy atom. The quantitative estimate of drug-likeness (QED) is 0.521. The summed E-state index contributed by atoms with van der Waals surface area (Å²) in [5.74, 6) is 0.687. The van der Waals surface area contributed by atoms with Crippen molar-refractivity contribution in [3.63, 3.8) is 0 Å². The summed E-state index contributed by atoms with van der Waals surface area (Å²) < 4.78 is 11.6. The van der Waals surface area contributed by atoms with Gasteiger partial charge in [0.1, 0.15) is 0 Å². The van der Waals surface area contributed by atoms with E-state index in [0.717, 1.165) is 45.5 Å². The molecule has 0 aliphatic rings. The molecular formula is C16H34O3. The molecule has 3 atom stereocenters. The van der Waals surface area contributed by atoms with E-state index >= 15 is 0 Å². The van der Waals surface area contributed by atoms with E-state index in [0.29, 0.717) is 5.92 Å². The Morgan fingerprint density at radius 2 is 1.63 bits per heavy atom. The average molecular weight is 274 g/mol. The third-order valence-electron chi connectivity index (χ3n) is 3.43. The fourth-order valence-corrected chi connectivity index (χ4v) is 1.96. The van der Waals surface area contributed by atoms with Crippen molar-refractivity contribution < 1.29 is 14.6 Å². The second-order valence-corrected chi connectivity index (χ2v) is 5.69. The molecule has 0 aliphatic carbocycles. The van der Waals surface area contributed by atoms with Crippen LogP contribution in [0.25, 0.3) is 0 Å². The van der Waals surface area contributed by atoms with Gasteiger partial charge in [0.2, 0.25) is 0 Å². The van der Waals surface area contributed by atoms with Crippen LogP contribution in [0.5, 0.6) is 0 Å². The highest BCUT2D eigenvalue weighted by Crippen LogP contribution is 2.18. The molecule has 0 saturated carbocycles. The third-order valence-corrected chi connectivity index (χ3v) is 3.43. The van der Waals surface area contributed by atoms with E-state index in [9.17, 15) is 5.11 Å². The molecule has 0 saturated heterocycles. The van der Waals surface area contributed by atoms with Gasteiger partial charge in [0, 0.05) is 32.3 Å². The molecule has 0 aromatic rings. The summed E-state index contributed by atoms with van der Waals surface area (Å²) in [6.45, 7) is 11.2. The Kier molecular flexibility index (Phi) is 12.8. The van der Waals surface area contributed by atoms with E-state index in [1.54, 1.807) is 0 Å². The first-order valence-electron chi connectivity index (χ1n) is 7.95. The molecule has 0 aliphatic heterocycles. The van der Waals surface area contributed by atoms with Gasteiger partial charge in [-0.15, -0.1) is 0 Å². The molecule has 0 aromatic heterocycles. The SMILES string of the molecule is CCCCOC[C@@H](C)C[C@H](OCCCC)C(C)CO. The summed E-state index contributed by atoms with van der Waals surface area (Å²) in [6, 6.07) is 0. The zero-order valence-electron chi connectivity index (χ0n) is 13.4. The molecule has 3 nitrogen and oxygen atoms in total. The van der Waals surface area contributed by atoms with Crippen LogP contribution in [0.15, 0.2) is 0 Å². The Balaban J connectivity index is 3.93. The molecule has 1 unspecified atom stereocenters. The Labute approximate surface area is 119 Å². The van der Waals surface area contributed by atoms with Crippen LogP contribution in [-0.2, 0) is 9.47 Å². The van der Waals surface area contributed by atoms with E-state index in [4.69, 9.17) is 9.47 Å². The van der Waals surface area contributed by atoms with Crippen molar-refractivity contribution in [1.29, 1.82) is 0 Å². The van der Waals surface area contributed by atoms with E-state index in [1.807, 2.05) is 0 Å². The van der Waals surface area contributed by atoms with Crippen LogP contribution >= 0.6 is 0 Å². The highest BCUT2D eigenvalue weighted by atomic mass is 16.5. The Morgan fingerprint density at radius 3 is 2.21 bits per heavy atom. The lowest BCUT2D eigenvalue weighted by molar-refractivity contribution is -0.0230. The van der Waals surface area contributed by atoms with Gasteiger partial charge in [-0.1, -0.05) is 40.5 Å². The van der Waals surface area contributed by atoms with Crippen molar-refractivity contribution in [1.82, 2.24) is 0 Å². The maximum Gasteiger partial charge on any atom is 0.0625 e. The van der Waals surface area contributed by atoms with Crippen LogP contribution in [0.4, 0.5) is 0 Å². The Bertz CT molecular complexity index is 185. The molecule has 0 spiro atoms. The molecule has 0 radical (unpaired) electrons. The van der Waals surface area contributed by atoms with Gasteiger partial charge in [0.25, 0.3) is 0 Å². The number of hydrogen-bond donors (Lipinski definition) is 1. The summed E-state index contributed by atoms with van der Waals surface area (Å²) in [4.78, 5) is 0. The zero-order chi connectivity index (χ0) is 14.5. The molecule has 0 aromatic carbocycles. The van der Waals surface area contributed by atoms with Crippen LogP contribution in [0.1, 0.15) is 59.8 Å². The third kappa shape index (κ3) is 10.3. The van der Waals surface area contributed by atoms with E-state index in [1.165, 1.54) is 6.42 Å². The van der Waals surface area contributed by atoms with Gasteiger partial charge in [0.15, 0.2) is 0 Å². The highest BCUT2D eigenvalue weighted by Gasteiger charge is 2.20. The second kappa shape index (κ2) is 12.9. The van der Waals surface area contributed by atoms with E-state index < -0.39 is 0 Å². The van der Waals surface area contributed by atoms with Gasteiger partial charge < -0.3 is 14.6 Å². The molecular weight excluding hydrogens is 240 g/mol. The van der Waals surface area contributed by atoms with Gasteiger partial charge in [-0.3, -0.25) is 0 Å². The van der Waals surface area contributed by atoms with Crippen molar-refractivity contribution >= 4 is 0 Å². The van der Waals surface area contributed by atoms with Crippen molar-refractivity contribution in [3.05, 3.63) is 0 Å². The second-order valence-electron chi connectivity index (χ2n) is 5.69. The van der Waals surface area contributed by atoms with Crippen LogP contribution < -0.4 is 0 Å². The first-order valence-corrected chi connectivity index (χ1v) is 7.95. The van der Waals surface area contributed by atoms with E-state index in [-0.39, 0.29) is 18.6 Å².